The van der Waals surface area contributed by atoms with Gasteiger partial charge in [0.2, 0.25) is 0 Å². The fourth-order valence-corrected chi connectivity index (χ4v) is 3.18. The van der Waals surface area contributed by atoms with Gasteiger partial charge in [0.1, 0.15) is 0 Å². The Morgan fingerprint density at radius 1 is 0.667 bits per heavy atom. The van der Waals surface area contributed by atoms with Crippen molar-refractivity contribution < 1.29 is 10.2 Å². The molecule has 0 aliphatic carbocycles. The van der Waals surface area contributed by atoms with Crippen LogP contribution in [0.1, 0.15) is 110 Å². The minimum atomic E-state index is -1.51. The Balaban J connectivity index is 3.15. The van der Waals surface area contributed by atoms with Crippen LogP contribution in [0.5, 0.6) is 0 Å². The van der Waals surface area contributed by atoms with Crippen LogP contribution in [0.15, 0.2) is 12.2 Å². The first kappa shape index (κ1) is 24.1. The van der Waals surface area contributed by atoms with Gasteiger partial charge in [0.15, 0.2) is 5.79 Å². The molecule has 2 N–H and O–H groups in total. The van der Waals surface area contributed by atoms with Gasteiger partial charge in [-0.25, -0.2) is 0 Å². The molecule has 0 rings (SSSR count). The molecule has 0 fully saturated rings. The SMILES string of the molecule is CCCCCCCC/C=C\CCCCCCCCCC(O)(O)CBr. The first-order valence-corrected chi connectivity index (χ1v) is 11.4. The summed E-state index contributed by atoms with van der Waals surface area (Å²) in [5, 5.41) is 19.1. The van der Waals surface area contributed by atoms with E-state index in [1.807, 2.05) is 0 Å². The second-order valence-electron chi connectivity index (χ2n) is 7.16. The van der Waals surface area contributed by atoms with Crippen molar-refractivity contribution in [2.75, 3.05) is 5.33 Å². The predicted molar refractivity (Wildman–Crippen MR) is 110 cm³/mol. The van der Waals surface area contributed by atoms with Crippen molar-refractivity contribution in [3.05, 3.63) is 12.2 Å². The van der Waals surface area contributed by atoms with E-state index in [9.17, 15) is 10.2 Å². The summed E-state index contributed by atoms with van der Waals surface area (Å²) in [5.74, 6) is -1.51. The molecule has 0 aromatic heterocycles. The van der Waals surface area contributed by atoms with Crippen LogP contribution in [0.2, 0.25) is 0 Å². The topological polar surface area (TPSA) is 40.5 Å². The lowest BCUT2D eigenvalue weighted by atomic mass is 10.0. The van der Waals surface area contributed by atoms with E-state index < -0.39 is 5.79 Å². The zero-order valence-electron chi connectivity index (χ0n) is 15.9. The Kier molecular flexibility index (Phi) is 18.1. The molecule has 0 radical (unpaired) electrons. The van der Waals surface area contributed by atoms with Crippen molar-refractivity contribution in [3.8, 4) is 0 Å². The largest absolute Gasteiger partial charge is 0.365 e. The summed E-state index contributed by atoms with van der Waals surface area (Å²) in [6, 6.07) is 0. The van der Waals surface area contributed by atoms with Gasteiger partial charge >= 0.3 is 0 Å². The highest BCUT2D eigenvalue weighted by Crippen LogP contribution is 2.16. The normalized spacial score (nSPS) is 12.3. The highest BCUT2D eigenvalue weighted by molar-refractivity contribution is 9.09. The predicted octanol–water partition coefficient (Wildman–Crippen LogP) is 6.88. The van der Waals surface area contributed by atoms with Crippen LogP contribution >= 0.6 is 15.9 Å². The molecule has 0 aliphatic heterocycles. The second kappa shape index (κ2) is 17.9. The van der Waals surface area contributed by atoms with Crippen LogP contribution < -0.4 is 0 Å². The third-order valence-electron chi connectivity index (χ3n) is 4.55. The quantitative estimate of drug-likeness (QED) is 0.113. The number of halogens is 1. The zero-order chi connectivity index (χ0) is 17.9. The fourth-order valence-electron chi connectivity index (χ4n) is 2.90. The van der Waals surface area contributed by atoms with Gasteiger partial charge in [-0.2, -0.15) is 0 Å². The van der Waals surface area contributed by atoms with Crippen LogP contribution in [-0.2, 0) is 0 Å². The molecule has 0 saturated carbocycles. The van der Waals surface area contributed by atoms with Gasteiger partial charge in [0.05, 0.1) is 5.33 Å². The van der Waals surface area contributed by atoms with Gasteiger partial charge in [-0.1, -0.05) is 99.2 Å². The van der Waals surface area contributed by atoms with E-state index in [4.69, 9.17) is 0 Å². The maximum Gasteiger partial charge on any atom is 0.172 e. The van der Waals surface area contributed by atoms with Gasteiger partial charge in [-0.05, 0) is 32.1 Å². The first-order chi connectivity index (χ1) is 11.6. The van der Waals surface area contributed by atoms with E-state index in [-0.39, 0.29) is 5.33 Å². The van der Waals surface area contributed by atoms with Gasteiger partial charge < -0.3 is 10.2 Å². The maximum absolute atomic E-state index is 9.45. The Morgan fingerprint density at radius 2 is 1.08 bits per heavy atom. The number of unbranched alkanes of at least 4 members (excludes halogenated alkanes) is 13. The molecular formula is C21H41BrO2. The van der Waals surface area contributed by atoms with Crippen LogP contribution in [0, 0.1) is 0 Å². The molecule has 0 saturated heterocycles. The fraction of sp³-hybridized carbons (Fsp3) is 0.905. The molecule has 0 amide bonds. The van der Waals surface area contributed by atoms with E-state index >= 15 is 0 Å². The van der Waals surface area contributed by atoms with Gasteiger partial charge in [-0.15, -0.1) is 0 Å². The van der Waals surface area contributed by atoms with Crippen LogP contribution in [-0.4, -0.2) is 21.3 Å². The van der Waals surface area contributed by atoms with E-state index in [1.165, 1.54) is 83.5 Å². The summed E-state index contributed by atoms with van der Waals surface area (Å²) >= 11 is 3.12. The summed E-state index contributed by atoms with van der Waals surface area (Å²) in [7, 11) is 0. The molecule has 0 bridgehead atoms. The molecule has 2 nitrogen and oxygen atoms in total. The molecule has 0 spiro atoms. The average molecular weight is 405 g/mol. The van der Waals surface area contributed by atoms with Gasteiger partial charge in [0.25, 0.3) is 0 Å². The van der Waals surface area contributed by atoms with Crippen LogP contribution in [0.3, 0.4) is 0 Å². The van der Waals surface area contributed by atoms with E-state index in [1.54, 1.807) is 0 Å². The monoisotopic (exact) mass is 404 g/mol. The van der Waals surface area contributed by atoms with Crippen molar-refractivity contribution in [2.24, 2.45) is 0 Å². The summed E-state index contributed by atoms with van der Waals surface area (Å²) < 4.78 is 0. The maximum atomic E-state index is 9.45. The number of allylic oxidation sites excluding steroid dienone is 2. The van der Waals surface area contributed by atoms with Crippen molar-refractivity contribution in [1.29, 1.82) is 0 Å². The van der Waals surface area contributed by atoms with Crippen LogP contribution in [0.25, 0.3) is 0 Å². The highest BCUT2D eigenvalue weighted by atomic mass is 79.9. The lowest BCUT2D eigenvalue weighted by Gasteiger charge is -2.18. The molecule has 0 heterocycles. The summed E-state index contributed by atoms with van der Waals surface area (Å²) in [4.78, 5) is 0. The lowest BCUT2D eigenvalue weighted by molar-refractivity contribution is -0.144. The molecule has 24 heavy (non-hydrogen) atoms. The molecule has 0 aromatic rings. The Morgan fingerprint density at radius 3 is 1.54 bits per heavy atom. The Labute approximate surface area is 159 Å². The molecule has 0 aromatic carbocycles. The van der Waals surface area contributed by atoms with Crippen molar-refractivity contribution in [3.63, 3.8) is 0 Å². The molecule has 144 valence electrons. The second-order valence-corrected chi connectivity index (χ2v) is 7.72. The lowest BCUT2D eigenvalue weighted by Crippen LogP contribution is -2.29. The first-order valence-electron chi connectivity index (χ1n) is 10.3. The summed E-state index contributed by atoms with van der Waals surface area (Å²) in [6.07, 6.45) is 24.5. The number of aliphatic hydroxyl groups is 2. The standard InChI is InChI=1S/C21H41BrO2/c1-2-3-4-5-6-7-8-9-10-11-12-13-14-15-16-17-18-19-21(23,24)20-22/h9-10,23-24H,2-8,11-20H2,1H3/b10-9-. The van der Waals surface area contributed by atoms with Crippen molar-refractivity contribution in [1.82, 2.24) is 0 Å². The smallest absolute Gasteiger partial charge is 0.172 e. The molecule has 3 heteroatoms. The summed E-state index contributed by atoms with van der Waals surface area (Å²) in [5.41, 5.74) is 0. The van der Waals surface area contributed by atoms with E-state index in [2.05, 4.69) is 35.0 Å². The average Bonchev–Trinajstić information content (AvgIpc) is 2.57. The summed E-state index contributed by atoms with van der Waals surface area (Å²) in [6.45, 7) is 2.27. The Hall–Kier alpha value is 0.140. The molecule has 0 unspecified atom stereocenters. The molecular weight excluding hydrogens is 364 g/mol. The van der Waals surface area contributed by atoms with Crippen molar-refractivity contribution in [2.45, 2.75) is 115 Å². The van der Waals surface area contributed by atoms with Gasteiger partial charge in [0, 0.05) is 6.42 Å². The van der Waals surface area contributed by atoms with E-state index in [0.717, 1.165) is 12.8 Å². The van der Waals surface area contributed by atoms with Gasteiger partial charge in [-0.3, -0.25) is 0 Å². The highest BCUT2D eigenvalue weighted by Gasteiger charge is 2.19. The third kappa shape index (κ3) is 18.5. The molecule has 0 aliphatic rings. The van der Waals surface area contributed by atoms with E-state index in [0.29, 0.717) is 6.42 Å². The number of hydrogen-bond donors (Lipinski definition) is 2. The number of alkyl halides is 1. The zero-order valence-corrected chi connectivity index (χ0v) is 17.5. The minimum absolute atomic E-state index is 0.242. The number of hydrogen-bond acceptors (Lipinski definition) is 2. The molecule has 0 atom stereocenters. The number of rotatable bonds is 18. The third-order valence-corrected chi connectivity index (χ3v) is 5.45. The Bertz CT molecular complexity index is 277. The van der Waals surface area contributed by atoms with Crippen LogP contribution in [0.4, 0.5) is 0 Å². The minimum Gasteiger partial charge on any atom is -0.365 e. The van der Waals surface area contributed by atoms with Crippen molar-refractivity contribution >= 4 is 15.9 Å².